The Balaban J connectivity index is 2.90. The van der Waals surface area contributed by atoms with Crippen molar-refractivity contribution in [2.45, 2.75) is 26.3 Å². The maximum absolute atomic E-state index is 12.0. The molecule has 1 heterocycles. The van der Waals surface area contributed by atoms with E-state index in [4.69, 9.17) is 5.11 Å². The largest absolute Gasteiger partial charge is 0.480 e. The van der Waals surface area contributed by atoms with Crippen LogP contribution in [0.5, 0.6) is 0 Å². The smallest absolute Gasteiger partial charge is 0.326 e. The quantitative estimate of drug-likeness (QED) is 0.866. The lowest BCUT2D eigenvalue weighted by Gasteiger charge is -2.23. The molecule has 0 spiro atoms. The minimum atomic E-state index is -0.986. The second kappa shape index (κ2) is 5.07. The Bertz CT molecular complexity index is 403. The van der Waals surface area contributed by atoms with Crippen molar-refractivity contribution in [3.05, 3.63) is 16.1 Å². The van der Waals surface area contributed by atoms with E-state index in [1.165, 1.54) is 23.3 Å². The number of carbonyl (C=O) groups excluding carboxylic acids is 1. The van der Waals surface area contributed by atoms with Gasteiger partial charge in [-0.25, -0.2) is 9.78 Å². The molecule has 16 heavy (non-hydrogen) atoms. The summed E-state index contributed by atoms with van der Waals surface area (Å²) in [6, 6.07) is -0.783. The van der Waals surface area contributed by atoms with E-state index >= 15 is 0 Å². The van der Waals surface area contributed by atoms with Gasteiger partial charge in [0.2, 0.25) is 0 Å². The standard InChI is InChI=1S/C10H14N2O3S/c1-4-7(10(14)15)12(3)9(13)8-6(2)11-5-16-8/h5,7H,4H2,1-3H3,(H,14,15). The summed E-state index contributed by atoms with van der Waals surface area (Å²) >= 11 is 1.23. The van der Waals surface area contributed by atoms with Gasteiger partial charge in [0.25, 0.3) is 5.91 Å². The number of aliphatic carboxylic acids is 1. The van der Waals surface area contributed by atoms with Gasteiger partial charge in [0.1, 0.15) is 10.9 Å². The van der Waals surface area contributed by atoms with Crippen molar-refractivity contribution in [2.24, 2.45) is 0 Å². The van der Waals surface area contributed by atoms with Gasteiger partial charge in [0, 0.05) is 7.05 Å². The Morgan fingerprint density at radius 2 is 2.25 bits per heavy atom. The van der Waals surface area contributed by atoms with Crippen LogP contribution < -0.4 is 0 Å². The molecule has 88 valence electrons. The van der Waals surface area contributed by atoms with Crippen LogP contribution in [0.3, 0.4) is 0 Å². The molecule has 1 unspecified atom stereocenters. The van der Waals surface area contributed by atoms with Gasteiger partial charge < -0.3 is 10.0 Å². The van der Waals surface area contributed by atoms with E-state index in [0.29, 0.717) is 17.0 Å². The van der Waals surface area contributed by atoms with E-state index in [2.05, 4.69) is 4.98 Å². The predicted molar refractivity (Wildman–Crippen MR) is 60.7 cm³/mol. The third-order valence-electron chi connectivity index (χ3n) is 2.40. The van der Waals surface area contributed by atoms with Crippen LogP contribution >= 0.6 is 11.3 Å². The normalized spacial score (nSPS) is 12.2. The molecule has 0 aliphatic rings. The fraction of sp³-hybridized carbons (Fsp3) is 0.500. The topological polar surface area (TPSA) is 70.5 Å². The molecule has 1 aromatic heterocycles. The average molecular weight is 242 g/mol. The first-order valence-corrected chi connectivity index (χ1v) is 5.77. The van der Waals surface area contributed by atoms with E-state index in [9.17, 15) is 9.59 Å². The van der Waals surface area contributed by atoms with Crippen molar-refractivity contribution in [1.82, 2.24) is 9.88 Å². The van der Waals surface area contributed by atoms with Crippen molar-refractivity contribution in [3.8, 4) is 0 Å². The second-order valence-electron chi connectivity index (χ2n) is 3.45. The highest BCUT2D eigenvalue weighted by atomic mass is 32.1. The average Bonchev–Trinajstić information content (AvgIpc) is 2.63. The van der Waals surface area contributed by atoms with E-state index in [1.54, 1.807) is 19.4 Å². The van der Waals surface area contributed by atoms with Crippen molar-refractivity contribution in [3.63, 3.8) is 0 Å². The number of amides is 1. The van der Waals surface area contributed by atoms with Gasteiger partial charge >= 0.3 is 5.97 Å². The molecule has 0 saturated carbocycles. The summed E-state index contributed by atoms with van der Waals surface area (Å²) < 4.78 is 0. The van der Waals surface area contributed by atoms with E-state index < -0.39 is 12.0 Å². The number of aromatic nitrogens is 1. The zero-order valence-corrected chi connectivity index (χ0v) is 10.2. The van der Waals surface area contributed by atoms with Gasteiger partial charge in [0.15, 0.2) is 0 Å². The molecule has 1 rings (SSSR count). The van der Waals surface area contributed by atoms with Gasteiger partial charge in [-0.1, -0.05) is 6.92 Å². The summed E-state index contributed by atoms with van der Waals surface area (Å²) in [5.74, 6) is -1.27. The number of aryl methyl sites for hydroxylation is 1. The summed E-state index contributed by atoms with van der Waals surface area (Å²) in [6.07, 6.45) is 0.384. The van der Waals surface area contributed by atoms with Crippen molar-refractivity contribution in [1.29, 1.82) is 0 Å². The Morgan fingerprint density at radius 1 is 1.62 bits per heavy atom. The highest BCUT2D eigenvalue weighted by Gasteiger charge is 2.27. The molecule has 0 saturated heterocycles. The molecule has 0 fully saturated rings. The number of hydrogen-bond donors (Lipinski definition) is 1. The first-order valence-electron chi connectivity index (χ1n) is 4.89. The molecule has 0 bridgehead atoms. The summed E-state index contributed by atoms with van der Waals surface area (Å²) in [4.78, 5) is 28.6. The zero-order chi connectivity index (χ0) is 12.3. The highest BCUT2D eigenvalue weighted by Crippen LogP contribution is 2.16. The molecule has 0 aliphatic heterocycles. The minimum Gasteiger partial charge on any atom is -0.480 e. The van der Waals surface area contributed by atoms with Crippen LogP contribution in [-0.4, -0.2) is 40.0 Å². The minimum absolute atomic E-state index is 0.283. The van der Waals surface area contributed by atoms with Gasteiger partial charge in [-0.2, -0.15) is 0 Å². The Labute approximate surface area is 97.7 Å². The third kappa shape index (κ3) is 2.38. The van der Waals surface area contributed by atoms with Crippen LogP contribution in [0, 0.1) is 6.92 Å². The first-order chi connectivity index (χ1) is 7.49. The first kappa shape index (κ1) is 12.6. The molecule has 0 radical (unpaired) electrons. The molecule has 1 N–H and O–H groups in total. The highest BCUT2D eigenvalue weighted by molar-refractivity contribution is 7.11. The summed E-state index contributed by atoms with van der Waals surface area (Å²) in [5.41, 5.74) is 2.22. The lowest BCUT2D eigenvalue weighted by molar-refractivity contribution is -0.142. The molecular weight excluding hydrogens is 228 g/mol. The Morgan fingerprint density at radius 3 is 2.62 bits per heavy atom. The van der Waals surface area contributed by atoms with E-state index in [-0.39, 0.29) is 5.91 Å². The van der Waals surface area contributed by atoms with Crippen LogP contribution in [0.4, 0.5) is 0 Å². The van der Waals surface area contributed by atoms with Crippen LogP contribution in [0.25, 0.3) is 0 Å². The Hall–Kier alpha value is -1.43. The predicted octanol–water partition coefficient (Wildman–Crippen LogP) is 1.39. The van der Waals surface area contributed by atoms with Crippen molar-refractivity contribution in [2.75, 3.05) is 7.05 Å². The monoisotopic (exact) mass is 242 g/mol. The number of carboxylic acids is 1. The molecule has 1 amide bonds. The van der Waals surface area contributed by atoms with Crippen LogP contribution in [-0.2, 0) is 4.79 Å². The van der Waals surface area contributed by atoms with E-state index in [0.717, 1.165) is 0 Å². The summed E-state index contributed by atoms with van der Waals surface area (Å²) in [5, 5.41) is 8.95. The molecule has 6 heteroatoms. The van der Waals surface area contributed by atoms with Crippen LogP contribution in [0.15, 0.2) is 5.51 Å². The van der Waals surface area contributed by atoms with Gasteiger partial charge in [-0.15, -0.1) is 11.3 Å². The molecular formula is C10H14N2O3S. The second-order valence-corrected chi connectivity index (χ2v) is 4.30. The molecule has 0 aromatic carbocycles. The lowest BCUT2D eigenvalue weighted by Crippen LogP contribution is -2.41. The molecule has 5 nitrogen and oxygen atoms in total. The van der Waals surface area contributed by atoms with E-state index in [1.807, 2.05) is 0 Å². The fourth-order valence-corrected chi connectivity index (χ4v) is 2.21. The number of carboxylic acid groups (broad SMARTS) is 1. The summed E-state index contributed by atoms with van der Waals surface area (Å²) in [7, 11) is 1.50. The van der Waals surface area contributed by atoms with Gasteiger partial charge in [0.05, 0.1) is 11.2 Å². The zero-order valence-electron chi connectivity index (χ0n) is 9.43. The number of nitrogens with zero attached hydrogens (tertiary/aromatic N) is 2. The number of hydrogen-bond acceptors (Lipinski definition) is 4. The number of likely N-dealkylation sites (N-methyl/N-ethyl adjacent to an activating group) is 1. The Kier molecular flexibility index (Phi) is 4.00. The third-order valence-corrected chi connectivity index (χ3v) is 3.32. The number of carbonyl (C=O) groups is 2. The maximum Gasteiger partial charge on any atom is 0.326 e. The van der Waals surface area contributed by atoms with Gasteiger partial charge in [-0.05, 0) is 13.3 Å². The lowest BCUT2D eigenvalue weighted by atomic mass is 10.2. The molecule has 1 atom stereocenters. The SMILES string of the molecule is CCC(C(=O)O)N(C)C(=O)c1scnc1C. The fourth-order valence-electron chi connectivity index (χ4n) is 1.42. The number of rotatable bonds is 4. The summed E-state index contributed by atoms with van der Waals surface area (Å²) in [6.45, 7) is 3.47. The molecule has 0 aliphatic carbocycles. The van der Waals surface area contributed by atoms with Gasteiger partial charge in [-0.3, -0.25) is 4.79 Å². The molecule has 1 aromatic rings. The van der Waals surface area contributed by atoms with Crippen LogP contribution in [0.2, 0.25) is 0 Å². The van der Waals surface area contributed by atoms with Crippen molar-refractivity contribution < 1.29 is 14.7 Å². The maximum atomic E-state index is 12.0. The van der Waals surface area contributed by atoms with Crippen molar-refractivity contribution >= 4 is 23.2 Å². The van der Waals surface area contributed by atoms with Crippen LogP contribution in [0.1, 0.15) is 28.7 Å². The number of thiazole rings is 1.